The number of nitriles is 2. The van der Waals surface area contributed by atoms with Crippen LogP contribution in [0.5, 0.6) is 0 Å². The van der Waals surface area contributed by atoms with Crippen molar-refractivity contribution in [2.75, 3.05) is 30.0 Å². The van der Waals surface area contributed by atoms with Gasteiger partial charge in [0.25, 0.3) is 0 Å². The molecule has 0 aromatic heterocycles. The van der Waals surface area contributed by atoms with Crippen molar-refractivity contribution in [2.45, 2.75) is 56.2 Å². The number of hydrazine groups is 1. The zero-order valence-corrected chi connectivity index (χ0v) is 24.1. The minimum absolute atomic E-state index is 0.0984. The molecule has 13 nitrogen and oxygen atoms in total. The number of thioether (sulfide) groups is 1. The Hall–Kier alpha value is -4.11. The lowest BCUT2D eigenvalue weighted by molar-refractivity contribution is -0.193. The molecule has 1 saturated heterocycles. The van der Waals surface area contributed by atoms with Crippen LogP contribution in [-0.4, -0.2) is 99.1 Å². The Bertz CT molecular complexity index is 1220. The standard InChI is InChI=1S/C21H27N7O2S.2C2HF3O2/c22-9-15-1-3-17(4-2-15)26-20(29)11-25-16-5-7-18(8-6-16)28(24)12-21(30)27-14-31-13-19(27)10-23;2*3-2(4,5)1(6)7/h1-4,16,18-19,25H,5-8,11-14,24H2,(H,26,29);2*(H,6,7). The van der Waals surface area contributed by atoms with Crippen molar-refractivity contribution >= 4 is 41.2 Å². The summed E-state index contributed by atoms with van der Waals surface area (Å²) in [6.45, 7) is 0.330. The number of nitrogens with zero attached hydrogens (tertiary/aromatic N) is 4. The van der Waals surface area contributed by atoms with E-state index >= 15 is 0 Å². The Balaban J connectivity index is 0.000000601. The van der Waals surface area contributed by atoms with E-state index in [1.165, 1.54) is 0 Å². The molecule has 3 rings (SSSR count). The number of amides is 2. The van der Waals surface area contributed by atoms with Crippen LogP contribution in [0.3, 0.4) is 0 Å². The van der Waals surface area contributed by atoms with Gasteiger partial charge in [0.2, 0.25) is 11.8 Å². The summed E-state index contributed by atoms with van der Waals surface area (Å²) in [5.74, 6) is 1.63. The first-order chi connectivity index (χ1) is 20.9. The van der Waals surface area contributed by atoms with E-state index in [2.05, 4.69) is 16.7 Å². The number of anilines is 1. The fourth-order valence-electron chi connectivity index (χ4n) is 3.85. The molecule has 0 bridgehead atoms. The predicted octanol–water partition coefficient (Wildman–Crippen LogP) is 2.26. The third-order valence-corrected chi connectivity index (χ3v) is 7.18. The Morgan fingerprint density at radius 1 is 0.978 bits per heavy atom. The maximum Gasteiger partial charge on any atom is 0.490 e. The Labute approximate surface area is 256 Å². The van der Waals surface area contributed by atoms with Gasteiger partial charge in [-0.2, -0.15) is 36.9 Å². The third-order valence-electron chi connectivity index (χ3n) is 6.17. The minimum atomic E-state index is -5.08. The van der Waals surface area contributed by atoms with Gasteiger partial charge in [-0.3, -0.25) is 15.4 Å². The molecule has 20 heteroatoms. The summed E-state index contributed by atoms with van der Waals surface area (Å²) in [5, 5.41) is 39.9. The quantitative estimate of drug-likeness (QED) is 0.161. The molecule has 1 atom stereocenters. The number of benzene rings is 1. The highest BCUT2D eigenvalue weighted by molar-refractivity contribution is 7.99. The summed E-state index contributed by atoms with van der Waals surface area (Å²) in [4.78, 5) is 44.0. The molecule has 1 unspecified atom stereocenters. The highest BCUT2D eigenvalue weighted by Gasteiger charge is 2.39. The number of hydrogen-bond acceptors (Lipinski definition) is 10. The first-order valence-electron chi connectivity index (χ1n) is 12.8. The van der Waals surface area contributed by atoms with E-state index in [-0.39, 0.29) is 43.0 Å². The molecule has 45 heavy (non-hydrogen) atoms. The first kappa shape index (κ1) is 38.9. The number of carboxylic acid groups (broad SMARTS) is 2. The van der Waals surface area contributed by atoms with E-state index < -0.39 is 24.3 Å². The second-order valence-electron chi connectivity index (χ2n) is 9.41. The first-order valence-corrected chi connectivity index (χ1v) is 14.0. The number of hydrogen-bond donors (Lipinski definition) is 5. The van der Waals surface area contributed by atoms with Gasteiger partial charge in [0.15, 0.2) is 0 Å². The fraction of sp³-hybridized carbons (Fsp3) is 0.520. The molecule has 6 N–H and O–H groups in total. The molecule has 0 spiro atoms. The van der Waals surface area contributed by atoms with Crippen LogP contribution in [0.4, 0.5) is 32.0 Å². The summed E-state index contributed by atoms with van der Waals surface area (Å²) < 4.78 is 63.5. The van der Waals surface area contributed by atoms with Crippen molar-refractivity contribution in [1.82, 2.24) is 15.2 Å². The van der Waals surface area contributed by atoms with Crippen LogP contribution in [0.1, 0.15) is 31.2 Å². The highest BCUT2D eigenvalue weighted by atomic mass is 32.2. The normalized spacial score (nSPS) is 19.5. The molecule has 1 aromatic carbocycles. The molecule has 1 aliphatic carbocycles. The molecule has 2 amide bonds. The number of aliphatic carboxylic acids is 2. The van der Waals surface area contributed by atoms with Gasteiger partial charge < -0.3 is 25.7 Å². The van der Waals surface area contributed by atoms with Gasteiger partial charge in [-0.1, -0.05) is 0 Å². The molecule has 0 radical (unpaired) electrons. The Morgan fingerprint density at radius 3 is 1.93 bits per heavy atom. The van der Waals surface area contributed by atoms with Crippen molar-refractivity contribution in [2.24, 2.45) is 5.84 Å². The number of nitrogens with two attached hydrogens (primary N) is 1. The van der Waals surface area contributed by atoms with E-state index in [4.69, 9.17) is 36.2 Å². The number of carboxylic acids is 2. The maximum absolute atomic E-state index is 12.5. The summed E-state index contributed by atoms with van der Waals surface area (Å²) in [6.07, 6.45) is -6.74. The van der Waals surface area contributed by atoms with Crippen molar-refractivity contribution in [3.63, 3.8) is 0 Å². The van der Waals surface area contributed by atoms with Crippen LogP contribution < -0.4 is 16.5 Å². The molecule has 1 saturated carbocycles. The van der Waals surface area contributed by atoms with Gasteiger partial charge in [0.1, 0.15) is 6.04 Å². The number of nitrogens with one attached hydrogen (secondary N) is 2. The fourth-order valence-corrected chi connectivity index (χ4v) is 4.96. The molecule has 1 aromatic rings. The number of halogens is 6. The lowest BCUT2D eigenvalue weighted by Gasteiger charge is -2.35. The van der Waals surface area contributed by atoms with Crippen LogP contribution in [0, 0.1) is 22.7 Å². The zero-order chi connectivity index (χ0) is 34.4. The van der Waals surface area contributed by atoms with Crippen molar-refractivity contribution in [1.29, 1.82) is 10.5 Å². The van der Waals surface area contributed by atoms with Crippen molar-refractivity contribution in [3.05, 3.63) is 29.8 Å². The number of alkyl halides is 6. The average Bonchev–Trinajstić information content (AvgIpc) is 3.46. The predicted molar refractivity (Wildman–Crippen MR) is 146 cm³/mol. The molecule has 248 valence electrons. The Morgan fingerprint density at radius 2 is 1.49 bits per heavy atom. The van der Waals surface area contributed by atoms with Crippen LogP contribution in [0.15, 0.2) is 24.3 Å². The molecular weight excluding hydrogens is 640 g/mol. The summed E-state index contributed by atoms with van der Waals surface area (Å²) in [5.41, 5.74) is 1.21. The average molecular weight is 670 g/mol. The van der Waals surface area contributed by atoms with Crippen LogP contribution in [0.2, 0.25) is 0 Å². The number of rotatable bonds is 7. The smallest absolute Gasteiger partial charge is 0.475 e. The molecular formula is C25H29F6N7O6S. The van der Waals surface area contributed by atoms with Crippen LogP contribution in [0.25, 0.3) is 0 Å². The second kappa shape index (κ2) is 18.0. The molecule has 2 aliphatic rings. The van der Waals surface area contributed by atoms with Crippen LogP contribution in [-0.2, 0) is 19.2 Å². The topological polar surface area (TPSA) is 213 Å². The van der Waals surface area contributed by atoms with E-state index in [1.54, 1.807) is 45.9 Å². The lowest BCUT2D eigenvalue weighted by Crippen LogP contribution is -2.51. The summed E-state index contributed by atoms with van der Waals surface area (Å²) in [6, 6.07) is 10.9. The zero-order valence-electron chi connectivity index (χ0n) is 23.3. The van der Waals surface area contributed by atoms with Gasteiger partial charge >= 0.3 is 24.3 Å². The summed E-state index contributed by atoms with van der Waals surface area (Å²) in [7, 11) is 0. The largest absolute Gasteiger partial charge is 0.490 e. The van der Waals surface area contributed by atoms with Gasteiger partial charge in [-0.25, -0.2) is 14.6 Å². The summed E-state index contributed by atoms with van der Waals surface area (Å²) >= 11 is 1.59. The SMILES string of the molecule is N#Cc1ccc(NC(=O)CNC2CCC(N(N)CC(=O)N3CSCC3C#N)CC2)cc1.O=C(O)C(F)(F)F.O=C(O)C(F)(F)F. The van der Waals surface area contributed by atoms with Crippen molar-refractivity contribution < 1.29 is 55.7 Å². The van der Waals surface area contributed by atoms with Gasteiger partial charge in [0.05, 0.1) is 36.7 Å². The number of carbonyl (C=O) groups excluding carboxylic acids is 2. The van der Waals surface area contributed by atoms with Gasteiger partial charge in [0, 0.05) is 23.5 Å². The van der Waals surface area contributed by atoms with Gasteiger partial charge in [-0.05, 0) is 49.9 Å². The van der Waals surface area contributed by atoms with Gasteiger partial charge in [-0.15, -0.1) is 11.8 Å². The van der Waals surface area contributed by atoms with E-state index in [0.29, 0.717) is 22.9 Å². The third kappa shape index (κ3) is 14.5. The lowest BCUT2D eigenvalue weighted by atomic mass is 9.90. The molecule has 1 aliphatic heterocycles. The monoisotopic (exact) mass is 669 g/mol. The maximum atomic E-state index is 12.5. The molecule has 1 heterocycles. The Kier molecular flexibility index (Phi) is 15.6. The highest BCUT2D eigenvalue weighted by Crippen LogP contribution is 2.24. The number of carbonyl (C=O) groups is 4. The van der Waals surface area contributed by atoms with Crippen LogP contribution >= 0.6 is 11.8 Å². The van der Waals surface area contributed by atoms with E-state index in [1.807, 2.05) is 6.07 Å². The van der Waals surface area contributed by atoms with E-state index in [9.17, 15) is 35.9 Å². The van der Waals surface area contributed by atoms with E-state index in [0.717, 1.165) is 25.7 Å². The minimum Gasteiger partial charge on any atom is -0.475 e. The second-order valence-corrected chi connectivity index (χ2v) is 10.4. The molecule has 2 fully saturated rings. The van der Waals surface area contributed by atoms with Crippen molar-refractivity contribution in [3.8, 4) is 12.1 Å².